The van der Waals surface area contributed by atoms with Crippen LogP contribution in [0.4, 0.5) is 5.95 Å². The molecule has 0 fully saturated rings. The summed E-state index contributed by atoms with van der Waals surface area (Å²) in [7, 11) is 0. The Labute approximate surface area is 169 Å². The third-order valence-electron chi connectivity index (χ3n) is 4.82. The lowest BCUT2D eigenvalue weighted by Crippen LogP contribution is -2.32. The van der Waals surface area contributed by atoms with Crippen molar-refractivity contribution in [1.29, 1.82) is 0 Å². The number of nitrogens with zero attached hydrogens (tertiary/aromatic N) is 3. The Morgan fingerprint density at radius 3 is 2.62 bits per heavy atom. The maximum atomic E-state index is 13.2. The normalized spacial score (nSPS) is 16.8. The third kappa shape index (κ3) is 2.73. The molecule has 1 aliphatic rings. The standard InChI is InChI=1S/C21H14N4O3S/c26-18(15-6-3-11-29-15)16-17(12-7-9-22-10-8-12)25(20(28)19(16)27)21-23-13-4-1-2-5-14(13)24-21/h1-11,17,27H,(H,23,24). The zero-order chi connectivity index (χ0) is 20.0. The predicted molar refractivity (Wildman–Crippen MR) is 109 cm³/mol. The molecule has 142 valence electrons. The molecule has 2 N–H and O–H groups in total. The molecule has 4 aromatic rings. The van der Waals surface area contributed by atoms with Gasteiger partial charge in [-0.25, -0.2) is 4.98 Å². The van der Waals surface area contributed by atoms with Gasteiger partial charge in [0.2, 0.25) is 11.7 Å². The number of benzene rings is 1. The maximum absolute atomic E-state index is 13.2. The first-order chi connectivity index (χ1) is 14.1. The van der Waals surface area contributed by atoms with Crippen molar-refractivity contribution in [3.8, 4) is 0 Å². The third-order valence-corrected chi connectivity index (χ3v) is 5.69. The number of pyridine rings is 1. The van der Waals surface area contributed by atoms with Crippen molar-refractivity contribution >= 4 is 40.0 Å². The van der Waals surface area contributed by atoms with E-state index in [0.29, 0.717) is 16.0 Å². The van der Waals surface area contributed by atoms with Gasteiger partial charge in [-0.05, 0) is 41.3 Å². The van der Waals surface area contributed by atoms with E-state index in [1.807, 2.05) is 24.3 Å². The number of nitrogens with one attached hydrogen (secondary N) is 1. The van der Waals surface area contributed by atoms with E-state index < -0.39 is 17.7 Å². The smallest absolute Gasteiger partial charge is 0.296 e. The molecule has 7 nitrogen and oxygen atoms in total. The Bertz CT molecular complexity index is 1230. The minimum atomic E-state index is -0.819. The number of aromatic nitrogens is 3. The SMILES string of the molecule is O=C(C1=C(O)C(=O)N(c2nc3ccccc3[nH]2)C1c1ccncc1)c1cccs1. The predicted octanol–water partition coefficient (Wildman–Crippen LogP) is 3.80. The molecule has 0 saturated carbocycles. The summed E-state index contributed by atoms with van der Waals surface area (Å²) >= 11 is 1.26. The number of thiophene rings is 1. The quantitative estimate of drug-likeness (QED) is 0.506. The van der Waals surface area contributed by atoms with Gasteiger partial charge in [-0.3, -0.25) is 19.5 Å². The average Bonchev–Trinajstić information content (AvgIpc) is 3.47. The molecule has 29 heavy (non-hydrogen) atoms. The van der Waals surface area contributed by atoms with Gasteiger partial charge in [0.15, 0.2) is 5.76 Å². The van der Waals surface area contributed by atoms with Crippen molar-refractivity contribution in [1.82, 2.24) is 15.0 Å². The highest BCUT2D eigenvalue weighted by Gasteiger charge is 2.46. The largest absolute Gasteiger partial charge is 0.503 e. The number of ketones is 1. The van der Waals surface area contributed by atoms with E-state index in [1.54, 1.807) is 42.0 Å². The molecular weight excluding hydrogens is 388 g/mol. The number of fused-ring (bicyclic) bond motifs is 1. The molecule has 0 saturated heterocycles. The van der Waals surface area contributed by atoms with Crippen LogP contribution in [0.15, 0.2) is 77.6 Å². The summed E-state index contributed by atoms with van der Waals surface area (Å²) in [6.45, 7) is 0. The van der Waals surface area contributed by atoms with Gasteiger partial charge in [0, 0.05) is 12.4 Å². The summed E-state index contributed by atoms with van der Waals surface area (Å²) in [6, 6.07) is 13.4. The fourth-order valence-electron chi connectivity index (χ4n) is 3.51. The molecule has 3 aromatic heterocycles. The Morgan fingerprint density at radius 2 is 1.90 bits per heavy atom. The number of para-hydroxylation sites is 2. The van der Waals surface area contributed by atoms with E-state index >= 15 is 0 Å². The molecule has 1 amide bonds. The van der Waals surface area contributed by atoms with E-state index in [4.69, 9.17) is 0 Å². The summed E-state index contributed by atoms with van der Waals surface area (Å²) in [6.07, 6.45) is 3.17. The number of rotatable bonds is 4. The first kappa shape index (κ1) is 17.3. The van der Waals surface area contributed by atoms with Crippen LogP contribution < -0.4 is 4.90 Å². The van der Waals surface area contributed by atoms with Gasteiger partial charge in [0.1, 0.15) is 0 Å². The number of hydrogen-bond donors (Lipinski definition) is 2. The van der Waals surface area contributed by atoms with Crippen LogP contribution in [0.5, 0.6) is 0 Å². The summed E-state index contributed by atoms with van der Waals surface area (Å²) in [5.41, 5.74) is 2.12. The lowest BCUT2D eigenvalue weighted by atomic mass is 9.96. The van der Waals surface area contributed by atoms with Gasteiger partial charge in [-0.1, -0.05) is 18.2 Å². The van der Waals surface area contributed by atoms with Crippen LogP contribution in [0.2, 0.25) is 0 Å². The summed E-state index contributed by atoms with van der Waals surface area (Å²) in [5.74, 6) is -1.36. The second kappa shape index (κ2) is 6.68. The highest BCUT2D eigenvalue weighted by molar-refractivity contribution is 7.12. The fraction of sp³-hybridized carbons (Fsp3) is 0.0476. The molecule has 4 heterocycles. The maximum Gasteiger partial charge on any atom is 0.296 e. The lowest BCUT2D eigenvalue weighted by molar-refractivity contribution is -0.117. The second-order valence-corrected chi connectivity index (χ2v) is 7.45. The topological polar surface area (TPSA) is 99.2 Å². The molecule has 1 unspecified atom stereocenters. The van der Waals surface area contributed by atoms with Crippen LogP contribution >= 0.6 is 11.3 Å². The van der Waals surface area contributed by atoms with Crippen molar-refractivity contribution in [3.63, 3.8) is 0 Å². The number of aliphatic hydroxyl groups is 1. The van der Waals surface area contributed by atoms with Crippen molar-refractivity contribution in [2.75, 3.05) is 4.90 Å². The van der Waals surface area contributed by atoms with E-state index in [-0.39, 0.29) is 17.3 Å². The zero-order valence-corrected chi connectivity index (χ0v) is 15.8. The number of aliphatic hydroxyl groups excluding tert-OH is 1. The molecule has 0 bridgehead atoms. The van der Waals surface area contributed by atoms with Crippen LogP contribution in [0.1, 0.15) is 21.3 Å². The second-order valence-electron chi connectivity index (χ2n) is 6.50. The number of anilines is 1. The summed E-state index contributed by atoms with van der Waals surface area (Å²) < 4.78 is 0. The molecule has 0 spiro atoms. The van der Waals surface area contributed by atoms with Gasteiger partial charge in [0.05, 0.1) is 27.5 Å². The number of Topliss-reactive ketones (excluding diaryl/α,β-unsaturated/α-hetero) is 1. The first-order valence-electron chi connectivity index (χ1n) is 8.84. The van der Waals surface area contributed by atoms with Crippen molar-refractivity contribution in [3.05, 3.63) is 88.1 Å². The van der Waals surface area contributed by atoms with Gasteiger partial charge in [-0.15, -0.1) is 11.3 Å². The van der Waals surface area contributed by atoms with Gasteiger partial charge < -0.3 is 10.1 Å². The number of aromatic amines is 1. The molecule has 0 aliphatic carbocycles. The van der Waals surface area contributed by atoms with Gasteiger partial charge >= 0.3 is 0 Å². The van der Waals surface area contributed by atoms with Gasteiger partial charge in [0.25, 0.3) is 5.91 Å². The van der Waals surface area contributed by atoms with Crippen LogP contribution in [-0.2, 0) is 4.79 Å². The van der Waals surface area contributed by atoms with Crippen LogP contribution in [-0.4, -0.2) is 31.7 Å². The van der Waals surface area contributed by atoms with Gasteiger partial charge in [-0.2, -0.15) is 0 Å². The minimum absolute atomic E-state index is 0.0316. The van der Waals surface area contributed by atoms with Crippen molar-refractivity contribution in [2.24, 2.45) is 0 Å². The number of amides is 1. The molecular formula is C21H14N4O3S. The highest BCUT2D eigenvalue weighted by Crippen LogP contribution is 2.41. The molecule has 1 aliphatic heterocycles. The molecule has 1 atom stereocenters. The first-order valence-corrected chi connectivity index (χ1v) is 9.72. The number of H-pyrrole nitrogens is 1. The monoisotopic (exact) mass is 402 g/mol. The summed E-state index contributed by atoms with van der Waals surface area (Å²) in [5, 5.41) is 12.5. The van der Waals surface area contributed by atoms with E-state index in [9.17, 15) is 14.7 Å². The molecule has 1 aromatic carbocycles. The number of imidazole rings is 1. The number of carbonyl (C=O) groups is 2. The molecule has 0 radical (unpaired) electrons. The van der Waals surface area contributed by atoms with E-state index in [2.05, 4.69) is 15.0 Å². The van der Waals surface area contributed by atoms with Crippen LogP contribution in [0.25, 0.3) is 11.0 Å². The lowest BCUT2D eigenvalue weighted by Gasteiger charge is -2.24. The Kier molecular flexibility index (Phi) is 3.99. The van der Waals surface area contributed by atoms with Crippen molar-refractivity contribution in [2.45, 2.75) is 6.04 Å². The Morgan fingerprint density at radius 1 is 1.10 bits per heavy atom. The number of carbonyl (C=O) groups excluding carboxylic acids is 2. The van der Waals surface area contributed by atoms with Crippen LogP contribution in [0.3, 0.4) is 0 Å². The average molecular weight is 402 g/mol. The zero-order valence-electron chi connectivity index (χ0n) is 14.9. The van der Waals surface area contributed by atoms with E-state index in [0.717, 1.165) is 5.52 Å². The van der Waals surface area contributed by atoms with Crippen LogP contribution in [0, 0.1) is 0 Å². The van der Waals surface area contributed by atoms with Crippen molar-refractivity contribution < 1.29 is 14.7 Å². The Balaban J connectivity index is 1.69. The minimum Gasteiger partial charge on any atom is -0.503 e. The number of hydrogen-bond acceptors (Lipinski definition) is 6. The molecule has 5 rings (SSSR count). The fourth-order valence-corrected chi connectivity index (χ4v) is 4.19. The Hall–Kier alpha value is -3.78. The molecule has 8 heteroatoms. The van der Waals surface area contributed by atoms with E-state index in [1.165, 1.54) is 16.2 Å². The summed E-state index contributed by atoms with van der Waals surface area (Å²) in [4.78, 5) is 39.6. The highest BCUT2D eigenvalue weighted by atomic mass is 32.1.